The molecule has 1 aliphatic rings. The Kier molecular flexibility index (Phi) is 3.15. The van der Waals surface area contributed by atoms with Crippen LogP contribution >= 0.6 is 0 Å². The van der Waals surface area contributed by atoms with Gasteiger partial charge in [0.2, 0.25) is 0 Å². The number of nitrogens with two attached hydrogens (primary N) is 1. The molecule has 0 aliphatic heterocycles. The Morgan fingerprint density at radius 1 is 1.44 bits per heavy atom. The van der Waals surface area contributed by atoms with Crippen LogP contribution in [0.15, 0.2) is 18.2 Å². The lowest BCUT2D eigenvalue weighted by Gasteiger charge is -2.22. The molecular formula is C13H18FNO. The number of halogens is 1. The van der Waals surface area contributed by atoms with Crippen molar-refractivity contribution in [2.75, 3.05) is 7.11 Å². The van der Waals surface area contributed by atoms with Gasteiger partial charge in [-0.15, -0.1) is 0 Å². The quantitative estimate of drug-likeness (QED) is 0.851. The molecule has 2 atom stereocenters. The summed E-state index contributed by atoms with van der Waals surface area (Å²) in [5, 5.41) is 0. The predicted octanol–water partition coefficient (Wildman–Crippen LogP) is 2.88. The van der Waals surface area contributed by atoms with Gasteiger partial charge < -0.3 is 10.5 Å². The third kappa shape index (κ3) is 2.19. The summed E-state index contributed by atoms with van der Waals surface area (Å²) in [6.07, 6.45) is 2.49. The van der Waals surface area contributed by atoms with Gasteiger partial charge in [0.05, 0.1) is 7.11 Å². The van der Waals surface area contributed by atoms with E-state index in [9.17, 15) is 4.39 Å². The number of hydrogen-bond acceptors (Lipinski definition) is 2. The summed E-state index contributed by atoms with van der Waals surface area (Å²) in [6.45, 7) is 2.13. The van der Waals surface area contributed by atoms with E-state index in [1.807, 2.05) is 0 Å². The van der Waals surface area contributed by atoms with E-state index in [4.69, 9.17) is 10.5 Å². The Labute approximate surface area is 95.6 Å². The maximum Gasteiger partial charge on any atom is 0.123 e. The van der Waals surface area contributed by atoms with Gasteiger partial charge in [0.15, 0.2) is 0 Å². The lowest BCUT2D eigenvalue weighted by Crippen LogP contribution is -2.21. The van der Waals surface area contributed by atoms with Gasteiger partial charge in [-0.3, -0.25) is 0 Å². The Bertz CT molecular complexity index is 376. The Hall–Kier alpha value is -1.09. The van der Waals surface area contributed by atoms with Crippen LogP contribution in [0.2, 0.25) is 0 Å². The molecular weight excluding hydrogens is 205 g/mol. The van der Waals surface area contributed by atoms with Crippen LogP contribution in [0, 0.1) is 17.7 Å². The normalized spacial score (nSPS) is 19.2. The molecule has 2 N–H and O–H groups in total. The van der Waals surface area contributed by atoms with Gasteiger partial charge >= 0.3 is 0 Å². The lowest BCUT2D eigenvalue weighted by molar-refractivity contribution is 0.374. The molecule has 0 aromatic heterocycles. The SMILES string of the molecule is COc1ccc(F)cc1C(N)C(C)C1CC1. The highest BCUT2D eigenvalue weighted by Crippen LogP contribution is 2.43. The molecule has 2 unspecified atom stereocenters. The zero-order valence-corrected chi connectivity index (χ0v) is 9.74. The third-order valence-corrected chi connectivity index (χ3v) is 3.48. The Morgan fingerprint density at radius 3 is 2.69 bits per heavy atom. The average molecular weight is 223 g/mol. The molecule has 0 saturated heterocycles. The molecule has 1 fully saturated rings. The maximum absolute atomic E-state index is 13.2. The molecule has 2 rings (SSSR count). The Balaban J connectivity index is 2.26. The zero-order chi connectivity index (χ0) is 11.7. The van der Waals surface area contributed by atoms with Gasteiger partial charge in [-0.05, 0) is 42.9 Å². The van der Waals surface area contributed by atoms with Crippen molar-refractivity contribution in [1.82, 2.24) is 0 Å². The molecule has 0 spiro atoms. The molecule has 0 bridgehead atoms. The van der Waals surface area contributed by atoms with Crippen molar-refractivity contribution in [3.63, 3.8) is 0 Å². The van der Waals surface area contributed by atoms with E-state index in [2.05, 4.69) is 6.92 Å². The van der Waals surface area contributed by atoms with Crippen LogP contribution in [0.25, 0.3) is 0 Å². The molecule has 0 heterocycles. The fourth-order valence-corrected chi connectivity index (χ4v) is 2.16. The summed E-state index contributed by atoms with van der Waals surface area (Å²) in [7, 11) is 1.59. The fraction of sp³-hybridized carbons (Fsp3) is 0.538. The van der Waals surface area contributed by atoms with Crippen molar-refractivity contribution < 1.29 is 9.13 Å². The van der Waals surface area contributed by atoms with Gasteiger partial charge in [0, 0.05) is 11.6 Å². The van der Waals surface area contributed by atoms with Crippen molar-refractivity contribution in [2.45, 2.75) is 25.8 Å². The monoisotopic (exact) mass is 223 g/mol. The number of rotatable bonds is 4. The third-order valence-electron chi connectivity index (χ3n) is 3.48. The van der Waals surface area contributed by atoms with Crippen LogP contribution in [-0.4, -0.2) is 7.11 Å². The minimum absolute atomic E-state index is 0.141. The first-order valence-electron chi connectivity index (χ1n) is 5.72. The van der Waals surface area contributed by atoms with Gasteiger partial charge in [-0.25, -0.2) is 4.39 Å². The highest BCUT2D eigenvalue weighted by molar-refractivity contribution is 5.36. The number of methoxy groups -OCH3 is 1. The molecule has 16 heavy (non-hydrogen) atoms. The second-order valence-electron chi connectivity index (χ2n) is 4.61. The smallest absolute Gasteiger partial charge is 0.123 e. The van der Waals surface area contributed by atoms with Crippen LogP contribution < -0.4 is 10.5 Å². The Morgan fingerprint density at radius 2 is 2.12 bits per heavy atom. The van der Waals surface area contributed by atoms with Crippen molar-refractivity contribution in [2.24, 2.45) is 17.6 Å². The molecule has 1 aromatic carbocycles. The van der Waals surface area contributed by atoms with E-state index in [1.165, 1.54) is 25.0 Å². The van der Waals surface area contributed by atoms with Crippen molar-refractivity contribution in [3.8, 4) is 5.75 Å². The molecule has 1 aliphatic carbocycles. The van der Waals surface area contributed by atoms with E-state index in [1.54, 1.807) is 13.2 Å². The predicted molar refractivity (Wildman–Crippen MR) is 61.8 cm³/mol. The number of hydrogen-bond donors (Lipinski definition) is 1. The van der Waals surface area contributed by atoms with Crippen molar-refractivity contribution in [1.29, 1.82) is 0 Å². The molecule has 0 amide bonds. The average Bonchev–Trinajstić information content (AvgIpc) is 3.11. The van der Waals surface area contributed by atoms with Gasteiger partial charge in [-0.2, -0.15) is 0 Å². The summed E-state index contributed by atoms with van der Waals surface area (Å²) < 4.78 is 18.4. The molecule has 2 nitrogen and oxygen atoms in total. The summed E-state index contributed by atoms with van der Waals surface area (Å²) in [4.78, 5) is 0. The topological polar surface area (TPSA) is 35.2 Å². The van der Waals surface area contributed by atoms with Gasteiger partial charge in [0.1, 0.15) is 11.6 Å². The molecule has 1 aromatic rings. The number of ether oxygens (including phenoxy) is 1. The van der Waals surface area contributed by atoms with E-state index in [-0.39, 0.29) is 11.9 Å². The zero-order valence-electron chi connectivity index (χ0n) is 9.74. The molecule has 3 heteroatoms. The van der Waals surface area contributed by atoms with Gasteiger partial charge in [0.25, 0.3) is 0 Å². The van der Waals surface area contributed by atoms with Crippen molar-refractivity contribution in [3.05, 3.63) is 29.6 Å². The van der Waals surface area contributed by atoms with Crippen LogP contribution in [0.1, 0.15) is 31.4 Å². The first-order valence-corrected chi connectivity index (χ1v) is 5.72. The minimum atomic E-state index is -0.255. The first kappa shape index (κ1) is 11.4. The second kappa shape index (κ2) is 4.42. The van der Waals surface area contributed by atoms with Gasteiger partial charge in [-0.1, -0.05) is 6.92 Å². The minimum Gasteiger partial charge on any atom is -0.496 e. The van der Waals surface area contributed by atoms with E-state index < -0.39 is 0 Å². The summed E-state index contributed by atoms with van der Waals surface area (Å²) in [5.41, 5.74) is 6.96. The maximum atomic E-state index is 13.2. The van der Waals surface area contributed by atoms with Crippen LogP contribution in [-0.2, 0) is 0 Å². The molecule has 0 radical (unpaired) electrons. The van der Waals surface area contributed by atoms with Crippen LogP contribution in [0.5, 0.6) is 5.75 Å². The standard InChI is InChI=1S/C13H18FNO/c1-8(9-3-4-9)13(15)11-7-10(14)5-6-12(11)16-2/h5-9,13H,3-4,15H2,1-2H3. The van der Waals surface area contributed by atoms with E-state index >= 15 is 0 Å². The second-order valence-corrected chi connectivity index (χ2v) is 4.61. The fourth-order valence-electron chi connectivity index (χ4n) is 2.16. The molecule has 88 valence electrons. The summed E-state index contributed by atoms with van der Waals surface area (Å²) in [5.74, 6) is 1.51. The van der Waals surface area contributed by atoms with Crippen LogP contribution in [0.3, 0.4) is 0 Å². The molecule has 1 saturated carbocycles. The lowest BCUT2D eigenvalue weighted by atomic mass is 9.91. The van der Waals surface area contributed by atoms with Crippen LogP contribution in [0.4, 0.5) is 4.39 Å². The summed E-state index contributed by atoms with van der Waals surface area (Å²) >= 11 is 0. The largest absolute Gasteiger partial charge is 0.496 e. The first-order chi connectivity index (χ1) is 7.63. The number of benzene rings is 1. The van der Waals surface area contributed by atoms with E-state index in [0.29, 0.717) is 17.6 Å². The highest BCUT2D eigenvalue weighted by Gasteiger charge is 2.33. The highest BCUT2D eigenvalue weighted by atomic mass is 19.1. The van der Waals surface area contributed by atoms with Crippen molar-refractivity contribution >= 4 is 0 Å². The van der Waals surface area contributed by atoms with E-state index in [0.717, 1.165) is 5.56 Å². The summed E-state index contributed by atoms with van der Waals surface area (Å²) in [6, 6.07) is 4.39.